The van der Waals surface area contributed by atoms with Gasteiger partial charge in [-0.15, -0.1) is 12.4 Å². The molecule has 3 nitrogen and oxygen atoms in total. The van der Waals surface area contributed by atoms with E-state index in [0.29, 0.717) is 6.54 Å². The second kappa shape index (κ2) is 6.67. The van der Waals surface area contributed by atoms with Crippen molar-refractivity contribution < 1.29 is 4.74 Å². The van der Waals surface area contributed by atoms with Gasteiger partial charge >= 0.3 is 0 Å². The number of aryl methyl sites for hydroxylation is 1. The van der Waals surface area contributed by atoms with E-state index in [9.17, 15) is 0 Å². The lowest BCUT2D eigenvalue weighted by molar-refractivity contribution is 0.414. The molecule has 4 heteroatoms. The Labute approximate surface area is 97.2 Å². The summed E-state index contributed by atoms with van der Waals surface area (Å²) < 4.78 is 5.12. The third-order valence-corrected chi connectivity index (χ3v) is 2.35. The van der Waals surface area contributed by atoms with E-state index in [2.05, 4.69) is 0 Å². The van der Waals surface area contributed by atoms with Crippen molar-refractivity contribution in [3.8, 4) is 5.75 Å². The van der Waals surface area contributed by atoms with Crippen LogP contribution in [0.15, 0.2) is 18.2 Å². The number of ether oxygens (including phenoxy) is 1. The first-order valence-electron chi connectivity index (χ1n) is 4.79. The summed E-state index contributed by atoms with van der Waals surface area (Å²) in [4.78, 5) is 0. The van der Waals surface area contributed by atoms with Gasteiger partial charge in [0, 0.05) is 6.04 Å². The van der Waals surface area contributed by atoms with E-state index in [4.69, 9.17) is 16.2 Å². The van der Waals surface area contributed by atoms with Gasteiger partial charge in [0.1, 0.15) is 5.75 Å². The SMILES string of the molecule is COc1ccc([C@@H](N)CCN)c(C)c1.Cl. The lowest BCUT2D eigenvalue weighted by atomic mass is 9.99. The molecule has 0 radical (unpaired) electrons. The van der Waals surface area contributed by atoms with Gasteiger partial charge in [0.2, 0.25) is 0 Å². The fraction of sp³-hybridized carbons (Fsp3) is 0.455. The van der Waals surface area contributed by atoms with E-state index in [0.717, 1.165) is 23.3 Å². The van der Waals surface area contributed by atoms with Crippen molar-refractivity contribution in [2.24, 2.45) is 11.5 Å². The molecule has 0 saturated heterocycles. The Kier molecular flexibility index (Phi) is 6.32. The van der Waals surface area contributed by atoms with Crippen molar-refractivity contribution >= 4 is 12.4 Å². The predicted octanol–water partition coefficient (Wildman–Crippen LogP) is 1.77. The maximum absolute atomic E-state index is 5.98. The molecule has 1 aromatic rings. The number of hydrogen-bond acceptors (Lipinski definition) is 3. The van der Waals surface area contributed by atoms with Crippen molar-refractivity contribution in [3.63, 3.8) is 0 Å². The van der Waals surface area contributed by atoms with E-state index >= 15 is 0 Å². The van der Waals surface area contributed by atoms with E-state index in [-0.39, 0.29) is 18.4 Å². The fourth-order valence-corrected chi connectivity index (χ4v) is 1.53. The maximum Gasteiger partial charge on any atom is 0.119 e. The highest BCUT2D eigenvalue weighted by atomic mass is 35.5. The van der Waals surface area contributed by atoms with E-state index in [1.54, 1.807) is 7.11 Å². The van der Waals surface area contributed by atoms with Gasteiger partial charge in [-0.1, -0.05) is 6.07 Å². The average Bonchev–Trinajstić information content (AvgIpc) is 2.17. The lowest BCUT2D eigenvalue weighted by Gasteiger charge is -2.14. The maximum atomic E-state index is 5.98. The van der Waals surface area contributed by atoms with Gasteiger partial charge in [0.25, 0.3) is 0 Å². The van der Waals surface area contributed by atoms with Crippen molar-refractivity contribution in [2.75, 3.05) is 13.7 Å². The summed E-state index contributed by atoms with van der Waals surface area (Å²) in [5.41, 5.74) is 13.8. The molecule has 0 bridgehead atoms. The first kappa shape index (κ1) is 14.2. The summed E-state index contributed by atoms with van der Waals surface area (Å²) in [5.74, 6) is 0.867. The van der Waals surface area contributed by atoms with E-state index in [1.807, 2.05) is 25.1 Å². The minimum Gasteiger partial charge on any atom is -0.497 e. The molecule has 4 N–H and O–H groups in total. The minimum atomic E-state index is 0. The molecule has 86 valence electrons. The summed E-state index contributed by atoms with van der Waals surface area (Å²) in [6, 6.07) is 5.96. The molecule has 1 atom stereocenters. The van der Waals surface area contributed by atoms with Crippen molar-refractivity contribution in [1.82, 2.24) is 0 Å². The first-order valence-corrected chi connectivity index (χ1v) is 4.79. The summed E-state index contributed by atoms with van der Waals surface area (Å²) in [7, 11) is 1.66. The highest BCUT2D eigenvalue weighted by Crippen LogP contribution is 2.22. The minimum absolute atomic E-state index is 0. The number of rotatable bonds is 4. The molecular weight excluding hydrogens is 212 g/mol. The number of halogens is 1. The summed E-state index contributed by atoms with van der Waals surface area (Å²) in [5, 5.41) is 0. The van der Waals surface area contributed by atoms with Gasteiger partial charge in [-0.25, -0.2) is 0 Å². The van der Waals surface area contributed by atoms with Crippen molar-refractivity contribution in [1.29, 1.82) is 0 Å². The number of hydrogen-bond donors (Lipinski definition) is 2. The molecule has 15 heavy (non-hydrogen) atoms. The standard InChI is InChI=1S/C11H18N2O.ClH/c1-8-7-9(14-2)3-4-10(8)11(13)5-6-12;/h3-4,7,11H,5-6,12-13H2,1-2H3;1H/t11-;/m0./s1. The predicted molar refractivity (Wildman–Crippen MR) is 65.6 cm³/mol. The summed E-state index contributed by atoms with van der Waals surface area (Å²) >= 11 is 0. The highest BCUT2D eigenvalue weighted by Gasteiger charge is 2.08. The number of benzene rings is 1. The molecule has 0 heterocycles. The molecule has 0 saturated carbocycles. The third kappa shape index (κ3) is 3.70. The zero-order chi connectivity index (χ0) is 10.6. The molecule has 0 fully saturated rings. The van der Waals surface area contributed by atoms with Crippen LogP contribution < -0.4 is 16.2 Å². The van der Waals surface area contributed by atoms with Gasteiger partial charge in [-0.05, 0) is 43.1 Å². The Morgan fingerprint density at radius 3 is 2.53 bits per heavy atom. The molecule has 0 aliphatic carbocycles. The van der Waals surface area contributed by atoms with Crippen molar-refractivity contribution in [2.45, 2.75) is 19.4 Å². The molecule has 1 rings (SSSR count). The van der Waals surface area contributed by atoms with Crippen LogP contribution in [0.2, 0.25) is 0 Å². The Hall–Kier alpha value is -0.770. The van der Waals surface area contributed by atoms with Crippen LogP contribution in [0.5, 0.6) is 5.75 Å². The zero-order valence-corrected chi connectivity index (χ0v) is 10.0. The molecule has 1 aromatic carbocycles. The van der Waals surface area contributed by atoms with Crippen LogP contribution in [0.4, 0.5) is 0 Å². The Morgan fingerprint density at radius 2 is 2.07 bits per heavy atom. The highest BCUT2D eigenvalue weighted by molar-refractivity contribution is 5.85. The third-order valence-electron chi connectivity index (χ3n) is 2.35. The Bertz CT molecular complexity index is 305. The number of methoxy groups -OCH3 is 1. The molecular formula is C11H19ClN2O. The van der Waals surface area contributed by atoms with Crippen LogP contribution >= 0.6 is 12.4 Å². The van der Waals surface area contributed by atoms with Gasteiger partial charge in [0.15, 0.2) is 0 Å². The van der Waals surface area contributed by atoms with Crippen molar-refractivity contribution in [3.05, 3.63) is 29.3 Å². The van der Waals surface area contributed by atoms with Gasteiger partial charge in [-0.2, -0.15) is 0 Å². The second-order valence-corrected chi connectivity index (χ2v) is 3.41. The topological polar surface area (TPSA) is 61.3 Å². The van der Waals surface area contributed by atoms with Crippen LogP contribution in [-0.2, 0) is 0 Å². The molecule has 0 unspecified atom stereocenters. The van der Waals surface area contributed by atoms with Gasteiger partial charge in [-0.3, -0.25) is 0 Å². The van der Waals surface area contributed by atoms with Crippen LogP contribution in [-0.4, -0.2) is 13.7 Å². The Balaban J connectivity index is 0.00000196. The summed E-state index contributed by atoms with van der Waals surface area (Å²) in [6.45, 7) is 2.65. The largest absolute Gasteiger partial charge is 0.497 e. The molecule has 0 amide bonds. The molecule has 0 aromatic heterocycles. The lowest BCUT2D eigenvalue weighted by Crippen LogP contribution is -2.16. The van der Waals surface area contributed by atoms with Crippen LogP contribution in [0, 0.1) is 6.92 Å². The monoisotopic (exact) mass is 230 g/mol. The smallest absolute Gasteiger partial charge is 0.119 e. The number of nitrogens with two attached hydrogens (primary N) is 2. The summed E-state index contributed by atoms with van der Waals surface area (Å²) in [6.07, 6.45) is 0.813. The van der Waals surface area contributed by atoms with Crippen LogP contribution in [0.3, 0.4) is 0 Å². The second-order valence-electron chi connectivity index (χ2n) is 3.41. The van der Waals surface area contributed by atoms with Crippen LogP contribution in [0.1, 0.15) is 23.6 Å². The zero-order valence-electron chi connectivity index (χ0n) is 9.19. The van der Waals surface area contributed by atoms with Gasteiger partial charge < -0.3 is 16.2 Å². The quantitative estimate of drug-likeness (QED) is 0.829. The van der Waals surface area contributed by atoms with Crippen LogP contribution in [0.25, 0.3) is 0 Å². The average molecular weight is 231 g/mol. The van der Waals surface area contributed by atoms with E-state index in [1.165, 1.54) is 0 Å². The molecule has 0 aliphatic rings. The Morgan fingerprint density at radius 1 is 1.40 bits per heavy atom. The van der Waals surface area contributed by atoms with E-state index < -0.39 is 0 Å². The van der Waals surface area contributed by atoms with Gasteiger partial charge in [0.05, 0.1) is 7.11 Å². The normalized spacial score (nSPS) is 11.7. The fourth-order valence-electron chi connectivity index (χ4n) is 1.53. The molecule has 0 spiro atoms. The molecule has 0 aliphatic heterocycles. The first-order chi connectivity index (χ1) is 6.69.